The lowest BCUT2D eigenvalue weighted by atomic mass is 10.1. The number of imidazole rings is 1. The van der Waals surface area contributed by atoms with Crippen molar-refractivity contribution in [2.45, 2.75) is 19.3 Å². The van der Waals surface area contributed by atoms with Gasteiger partial charge in [0.05, 0.1) is 24.3 Å². The molecule has 1 amide bonds. The van der Waals surface area contributed by atoms with E-state index in [0.717, 1.165) is 22.2 Å². The topological polar surface area (TPSA) is 88.5 Å². The first-order chi connectivity index (χ1) is 14.1. The fourth-order valence-corrected chi connectivity index (χ4v) is 3.37. The molecular formula is C22H22N4O3. The lowest BCUT2D eigenvalue weighted by molar-refractivity contribution is -0.121. The monoisotopic (exact) mass is 390 g/mol. The number of carbonyl (C=O) groups excluding carboxylic acids is 1. The van der Waals surface area contributed by atoms with Crippen molar-refractivity contribution in [3.63, 3.8) is 0 Å². The standard InChI is InChI=1S/C22H22N4O3/c1-29-18-7-5-15-12-16(22(28)25-19(15)13-18)6-8-21(27)23-10-9-20-24-14-17-4-2-3-11-26(17)20/h2-5,7,11-14H,6,8-10H2,1H3,(H,23,27)(H,25,28). The van der Waals surface area contributed by atoms with Crippen molar-refractivity contribution in [3.05, 3.63) is 76.6 Å². The van der Waals surface area contributed by atoms with Crippen LogP contribution in [-0.4, -0.2) is 33.9 Å². The van der Waals surface area contributed by atoms with E-state index in [0.29, 0.717) is 30.7 Å². The van der Waals surface area contributed by atoms with Gasteiger partial charge in [-0.3, -0.25) is 9.59 Å². The van der Waals surface area contributed by atoms with Crippen molar-refractivity contribution in [3.8, 4) is 5.75 Å². The van der Waals surface area contributed by atoms with E-state index < -0.39 is 0 Å². The molecule has 0 bridgehead atoms. The van der Waals surface area contributed by atoms with Gasteiger partial charge in [0.2, 0.25) is 5.91 Å². The summed E-state index contributed by atoms with van der Waals surface area (Å²) in [6, 6.07) is 13.3. The molecule has 0 spiro atoms. The van der Waals surface area contributed by atoms with Crippen LogP contribution in [0.4, 0.5) is 0 Å². The van der Waals surface area contributed by atoms with Crippen molar-refractivity contribution in [1.29, 1.82) is 0 Å². The predicted octanol–water partition coefficient (Wildman–Crippen LogP) is 2.48. The maximum Gasteiger partial charge on any atom is 0.251 e. The van der Waals surface area contributed by atoms with Crippen LogP contribution in [0.25, 0.3) is 16.4 Å². The van der Waals surface area contributed by atoms with E-state index in [1.807, 2.05) is 53.2 Å². The molecule has 4 rings (SSSR count). The molecule has 0 aliphatic carbocycles. The number of aryl methyl sites for hydroxylation is 1. The Morgan fingerprint density at radius 3 is 2.97 bits per heavy atom. The third-order valence-corrected chi connectivity index (χ3v) is 4.94. The van der Waals surface area contributed by atoms with Crippen LogP contribution in [0.3, 0.4) is 0 Å². The Balaban J connectivity index is 1.33. The fourth-order valence-electron chi connectivity index (χ4n) is 3.37. The quantitative estimate of drug-likeness (QED) is 0.507. The Labute approximate surface area is 167 Å². The highest BCUT2D eigenvalue weighted by atomic mass is 16.5. The molecule has 0 saturated heterocycles. The molecule has 4 aromatic rings. The van der Waals surface area contributed by atoms with E-state index in [2.05, 4.69) is 15.3 Å². The Morgan fingerprint density at radius 1 is 1.21 bits per heavy atom. The summed E-state index contributed by atoms with van der Waals surface area (Å²) in [5.41, 5.74) is 2.16. The Kier molecular flexibility index (Phi) is 5.29. The summed E-state index contributed by atoms with van der Waals surface area (Å²) < 4.78 is 7.19. The molecular weight excluding hydrogens is 368 g/mol. The average Bonchev–Trinajstić information content (AvgIpc) is 3.15. The lowest BCUT2D eigenvalue weighted by Gasteiger charge is -2.07. The first-order valence-corrected chi connectivity index (χ1v) is 9.51. The minimum Gasteiger partial charge on any atom is -0.497 e. The highest BCUT2D eigenvalue weighted by molar-refractivity contribution is 5.81. The van der Waals surface area contributed by atoms with Gasteiger partial charge in [-0.05, 0) is 42.1 Å². The summed E-state index contributed by atoms with van der Waals surface area (Å²) in [5.74, 6) is 1.51. The average molecular weight is 390 g/mol. The molecule has 0 atom stereocenters. The molecule has 7 heteroatoms. The predicted molar refractivity (Wildman–Crippen MR) is 111 cm³/mol. The van der Waals surface area contributed by atoms with Crippen LogP contribution in [0.1, 0.15) is 17.8 Å². The highest BCUT2D eigenvalue weighted by Crippen LogP contribution is 2.18. The maximum atomic E-state index is 12.3. The van der Waals surface area contributed by atoms with Gasteiger partial charge >= 0.3 is 0 Å². The molecule has 3 heterocycles. The van der Waals surface area contributed by atoms with E-state index >= 15 is 0 Å². The number of nitrogens with one attached hydrogen (secondary N) is 2. The number of fused-ring (bicyclic) bond motifs is 2. The SMILES string of the molecule is COc1ccc2cc(CCC(=O)NCCc3ncc4ccccn34)c(=O)[nH]c2c1. The molecule has 0 aliphatic rings. The number of amides is 1. The second-order valence-electron chi connectivity index (χ2n) is 6.85. The Hall–Kier alpha value is -3.61. The summed E-state index contributed by atoms with van der Waals surface area (Å²) in [7, 11) is 1.58. The van der Waals surface area contributed by atoms with Crippen LogP contribution in [0.2, 0.25) is 0 Å². The summed E-state index contributed by atoms with van der Waals surface area (Å²) in [4.78, 5) is 31.8. The van der Waals surface area contributed by atoms with Gasteiger partial charge in [-0.2, -0.15) is 0 Å². The number of rotatable bonds is 7. The zero-order valence-corrected chi connectivity index (χ0v) is 16.1. The smallest absolute Gasteiger partial charge is 0.251 e. The van der Waals surface area contributed by atoms with Gasteiger partial charge in [-0.1, -0.05) is 6.07 Å². The third kappa shape index (κ3) is 4.13. The van der Waals surface area contributed by atoms with Crippen LogP contribution in [0, 0.1) is 0 Å². The molecule has 7 nitrogen and oxygen atoms in total. The number of hydrogen-bond donors (Lipinski definition) is 2. The van der Waals surface area contributed by atoms with Crippen LogP contribution in [-0.2, 0) is 17.6 Å². The molecule has 0 unspecified atom stereocenters. The van der Waals surface area contributed by atoms with Gasteiger partial charge in [0.15, 0.2) is 0 Å². The zero-order valence-electron chi connectivity index (χ0n) is 16.1. The molecule has 0 fully saturated rings. The minimum absolute atomic E-state index is 0.0833. The minimum atomic E-state index is -0.178. The molecule has 29 heavy (non-hydrogen) atoms. The van der Waals surface area contributed by atoms with Crippen molar-refractivity contribution >= 4 is 22.3 Å². The lowest BCUT2D eigenvalue weighted by Crippen LogP contribution is -2.27. The van der Waals surface area contributed by atoms with Crippen molar-refractivity contribution in [2.24, 2.45) is 0 Å². The van der Waals surface area contributed by atoms with Crippen LogP contribution >= 0.6 is 0 Å². The first kappa shape index (κ1) is 18.7. The Morgan fingerprint density at radius 2 is 2.10 bits per heavy atom. The zero-order chi connectivity index (χ0) is 20.2. The summed E-state index contributed by atoms with van der Waals surface area (Å²) in [6.07, 6.45) is 5.06. The number of pyridine rings is 2. The summed E-state index contributed by atoms with van der Waals surface area (Å²) in [5, 5.41) is 3.82. The second-order valence-corrected chi connectivity index (χ2v) is 6.85. The van der Waals surface area contributed by atoms with Crippen molar-refractivity contribution in [2.75, 3.05) is 13.7 Å². The number of carbonyl (C=O) groups is 1. The number of H-pyrrole nitrogens is 1. The van der Waals surface area contributed by atoms with Gasteiger partial charge < -0.3 is 19.4 Å². The molecule has 2 N–H and O–H groups in total. The number of ether oxygens (including phenoxy) is 1. The van der Waals surface area contributed by atoms with Crippen LogP contribution in [0.5, 0.6) is 5.75 Å². The summed E-state index contributed by atoms with van der Waals surface area (Å²) >= 11 is 0. The van der Waals surface area contributed by atoms with Crippen LogP contribution in [0.15, 0.2) is 59.7 Å². The molecule has 1 aromatic carbocycles. The van der Waals surface area contributed by atoms with Crippen LogP contribution < -0.4 is 15.6 Å². The molecule has 0 aliphatic heterocycles. The number of benzene rings is 1. The summed E-state index contributed by atoms with van der Waals surface area (Å²) in [6.45, 7) is 0.501. The number of methoxy groups -OCH3 is 1. The fraction of sp³-hybridized carbons (Fsp3) is 0.227. The number of hydrogen-bond acceptors (Lipinski definition) is 4. The van der Waals surface area contributed by atoms with Crippen molar-refractivity contribution in [1.82, 2.24) is 19.7 Å². The van der Waals surface area contributed by atoms with Gasteiger partial charge in [-0.15, -0.1) is 0 Å². The largest absolute Gasteiger partial charge is 0.497 e. The second kappa shape index (κ2) is 8.18. The van der Waals surface area contributed by atoms with Gasteiger partial charge in [0.25, 0.3) is 5.56 Å². The Bertz CT molecular complexity index is 1230. The van der Waals surface area contributed by atoms with E-state index in [4.69, 9.17) is 4.74 Å². The molecule has 0 saturated carbocycles. The van der Waals surface area contributed by atoms with Gasteiger partial charge in [0, 0.05) is 37.2 Å². The van der Waals surface area contributed by atoms with Gasteiger partial charge in [-0.25, -0.2) is 4.98 Å². The maximum absolute atomic E-state index is 12.3. The molecule has 148 valence electrons. The van der Waals surface area contributed by atoms with Crippen molar-refractivity contribution < 1.29 is 9.53 Å². The van der Waals surface area contributed by atoms with E-state index in [1.165, 1.54) is 0 Å². The normalized spacial score (nSPS) is 11.1. The molecule has 0 radical (unpaired) electrons. The van der Waals surface area contributed by atoms with E-state index in [1.54, 1.807) is 13.2 Å². The highest BCUT2D eigenvalue weighted by Gasteiger charge is 2.08. The van der Waals surface area contributed by atoms with E-state index in [9.17, 15) is 9.59 Å². The molecule has 3 aromatic heterocycles. The van der Waals surface area contributed by atoms with E-state index in [-0.39, 0.29) is 17.9 Å². The number of nitrogens with zero attached hydrogens (tertiary/aromatic N) is 2. The third-order valence-electron chi connectivity index (χ3n) is 4.94. The number of aromatic nitrogens is 3. The number of aromatic amines is 1. The van der Waals surface area contributed by atoms with Gasteiger partial charge in [0.1, 0.15) is 11.6 Å². The first-order valence-electron chi connectivity index (χ1n) is 9.51.